The molecular weight excluding hydrogens is 324 g/mol. The highest BCUT2D eigenvalue weighted by Crippen LogP contribution is 2.38. The maximum Gasteiger partial charge on any atom is 0.409 e. The molecule has 24 heavy (non-hydrogen) atoms. The van der Waals surface area contributed by atoms with Gasteiger partial charge in [0.15, 0.2) is 5.13 Å². The predicted molar refractivity (Wildman–Crippen MR) is 94.6 cm³/mol. The molecule has 0 saturated carbocycles. The van der Waals surface area contributed by atoms with Crippen LogP contribution in [-0.2, 0) is 17.7 Å². The average Bonchev–Trinajstić information content (AvgIpc) is 3.12. The number of rotatable bonds is 4. The van der Waals surface area contributed by atoms with Crippen LogP contribution in [0.25, 0.3) is 0 Å². The van der Waals surface area contributed by atoms with Crippen LogP contribution in [0.4, 0.5) is 9.93 Å². The van der Waals surface area contributed by atoms with E-state index in [0.717, 1.165) is 63.4 Å². The number of ether oxygens (including phenoxy) is 1. The molecule has 0 aromatic carbocycles. The van der Waals surface area contributed by atoms with Crippen molar-refractivity contribution >= 4 is 22.6 Å². The van der Waals surface area contributed by atoms with Crippen LogP contribution < -0.4 is 10.2 Å². The van der Waals surface area contributed by atoms with E-state index in [1.165, 1.54) is 10.6 Å². The highest BCUT2D eigenvalue weighted by molar-refractivity contribution is 7.15. The Kier molecular flexibility index (Phi) is 4.63. The molecular formula is C17H26N4O2S. The molecule has 6 nitrogen and oxygen atoms in total. The largest absolute Gasteiger partial charge is 0.449 e. The lowest BCUT2D eigenvalue weighted by molar-refractivity contribution is 0.0927. The fraction of sp³-hybridized carbons (Fsp3) is 0.765. The molecule has 0 spiro atoms. The second kappa shape index (κ2) is 6.88. The normalized spacial score (nSPS) is 25.7. The Hall–Kier alpha value is -1.34. The van der Waals surface area contributed by atoms with Crippen LogP contribution in [-0.4, -0.2) is 54.3 Å². The number of amides is 1. The molecule has 3 aliphatic heterocycles. The monoisotopic (exact) mass is 350 g/mol. The zero-order valence-corrected chi connectivity index (χ0v) is 15.1. The number of fused-ring (bicyclic) bond motifs is 3. The molecule has 7 heteroatoms. The van der Waals surface area contributed by atoms with Gasteiger partial charge in [0.05, 0.1) is 12.3 Å². The third-order valence-corrected chi connectivity index (χ3v) is 6.39. The van der Waals surface area contributed by atoms with E-state index < -0.39 is 0 Å². The van der Waals surface area contributed by atoms with Crippen LogP contribution in [0.1, 0.15) is 43.2 Å². The van der Waals surface area contributed by atoms with Crippen molar-refractivity contribution in [1.29, 1.82) is 0 Å². The topological polar surface area (TPSA) is 57.7 Å². The number of likely N-dealkylation sites (tertiary alicyclic amines) is 1. The molecule has 0 aliphatic carbocycles. The van der Waals surface area contributed by atoms with Crippen molar-refractivity contribution in [2.24, 2.45) is 0 Å². The van der Waals surface area contributed by atoms with Gasteiger partial charge in [0, 0.05) is 49.6 Å². The zero-order chi connectivity index (χ0) is 16.5. The van der Waals surface area contributed by atoms with E-state index in [1.54, 1.807) is 0 Å². The number of unbranched alkanes of at least 4 members (excludes halogenated alkanes) is 1. The molecule has 1 N–H and O–H groups in total. The fourth-order valence-corrected chi connectivity index (χ4v) is 5.20. The SMILES string of the molecule is CCCCOC(=O)N1CC2CCC(C1)N2c1nc2c(s1)CNCC2. The number of piperazine rings is 1. The van der Waals surface area contributed by atoms with Crippen molar-refractivity contribution in [3.8, 4) is 0 Å². The number of carbonyl (C=O) groups excluding carboxylic acids is 1. The van der Waals surface area contributed by atoms with Crippen LogP contribution in [0.2, 0.25) is 0 Å². The quantitative estimate of drug-likeness (QED) is 0.845. The van der Waals surface area contributed by atoms with E-state index in [0.29, 0.717) is 18.7 Å². The van der Waals surface area contributed by atoms with Gasteiger partial charge in [-0.05, 0) is 19.3 Å². The number of hydrogen-bond donors (Lipinski definition) is 1. The minimum Gasteiger partial charge on any atom is -0.449 e. The maximum atomic E-state index is 12.3. The van der Waals surface area contributed by atoms with Gasteiger partial charge < -0.3 is 19.9 Å². The average molecular weight is 350 g/mol. The van der Waals surface area contributed by atoms with Crippen LogP contribution in [0.15, 0.2) is 0 Å². The van der Waals surface area contributed by atoms with Gasteiger partial charge in [-0.2, -0.15) is 0 Å². The second-order valence-electron chi connectivity index (χ2n) is 6.96. The minimum absolute atomic E-state index is 0.136. The van der Waals surface area contributed by atoms with E-state index >= 15 is 0 Å². The van der Waals surface area contributed by atoms with Crippen molar-refractivity contribution in [3.05, 3.63) is 10.6 Å². The van der Waals surface area contributed by atoms with Crippen molar-refractivity contribution in [1.82, 2.24) is 15.2 Å². The molecule has 2 saturated heterocycles. The van der Waals surface area contributed by atoms with Gasteiger partial charge in [0.25, 0.3) is 0 Å². The summed E-state index contributed by atoms with van der Waals surface area (Å²) < 4.78 is 5.40. The minimum atomic E-state index is -0.136. The summed E-state index contributed by atoms with van der Waals surface area (Å²) >= 11 is 1.83. The highest BCUT2D eigenvalue weighted by atomic mass is 32.1. The van der Waals surface area contributed by atoms with Crippen molar-refractivity contribution in [3.63, 3.8) is 0 Å². The van der Waals surface area contributed by atoms with E-state index in [1.807, 2.05) is 16.2 Å². The number of carbonyl (C=O) groups is 1. The number of hydrogen-bond acceptors (Lipinski definition) is 6. The number of aromatic nitrogens is 1. The molecule has 1 aromatic heterocycles. The first kappa shape index (κ1) is 16.1. The Morgan fingerprint density at radius 3 is 2.88 bits per heavy atom. The van der Waals surface area contributed by atoms with Crippen molar-refractivity contribution in [2.45, 2.75) is 57.7 Å². The van der Waals surface area contributed by atoms with E-state index in [9.17, 15) is 4.79 Å². The van der Waals surface area contributed by atoms with E-state index in [2.05, 4.69) is 17.1 Å². The summed E-state index contributed by atoms with van der Waals surface area (Å²) in [5.41, 5.74) is 1.27. The summed E-state index contributed by atoms with van der Waals surface area (Å²) in [6.07, 6.45) is 5.18. The van der Waals surface area contributed by atoms with Crippen LogP contribution in [0.3, 0.4) is 0 Å². The first-order chi connectivity index (χ1) is 11.8. The zero-order valence-electron chi connectivity index (χ0n) is 14.3. The molecule has 0 radical (unpaired) electrons. The van der Waals surface area contributed by atoms with Gasteiger partial charge >= 0.3 is 6.09 Å². The molecule has 2 fully saturated rings. The molecule has 2 unspecified atom stereocenters. The first-order valence-electron chi connectivity index (χ1n) is 9.15. The molecule has 1 aromatic rings. The fourth-order valence-electron chi connectivity index (χ4n) is 3.98. The van der Waals surface area contributed by atoms with Gasteiger partial charge in [0.2, 0.25) is 0 Å². The van der Waals surface area contributed by atoms with E-state index in [4.69, 9.17) is 9.72 Å². The maximum absolute atomic E-state index is 12.3. The smallest absolute Gasteiger partial charge is 0.409 e. The Balaban J connectivity index is 1.43. The molecule has 4 heterocycles. The lowest BCUT2D eigenvalue weighted by Gasteiger charge is -2.40. The van der Waals surface area contributed by atoms with Crippen LogP contribution in [0.5, 0.6) is 0 Å². The molecule has 132 valence electrons. The Bertz CT molecular complexity index is 568. The summed E-state index contributed by atoms with van der Waals surface area (Å²) in [7, 11) is 0. The number of anilines is 1. The third-order valence-electron chi connectivity index (χ3n) is 5.28. The molecule has 4 rings (SSSR count). The molecule has 3 aliphatic rings. The molecule has 2 atom stereocenters. The summed E-state index contributed by atoms with van der Waals surface area (Å²) in [4.78, 5) is 23.0. The predicted octanol–water partition coefficient (Wildman–Crippen LogP) is 2.38. The van der Waals surface area contributed by atoms with Crippen molar-refractivity contribution in [2.75, 3.05) is 31.1 Å². The van der Waals surface area contributed by atoms with Gasteiger partial charge in [-0.25, -0.2) is 9.78 Å². The second-order valence-corrected chi connectivity index (χ2v) is 8.02. The molecule has 2 bridgehead atoms. The Labute approximate surface area is 147 Å². The number of nitrogens with one attached hydrogen (secondary N) is 1. The number of thiazole rings is 1. The summed E-state index contributed by atoms with van der Waals surface area (Å²) in [6.45, 7) is 6.16. The van der Waals surface area contributed by atoms with Gasteiger partial charge in [-0.15, -0.1) is 11.3 Å². The number of nitrogens with zero attached hydrogens (tertiary/aromatic N) is 3. The summed E-state index contributed by atoms with van der Waals surface area (Å²) in [5.74, 6) is 0. The van der Waals surface area contributed by atoms with Crippen LogP contribution >= 0.6 is 11.3 Å². The summed E-state index contributed by atoms with van der Waals surface area (Å²) in [5, 5.41) is 4.59. The Morgan fingerprint density at radius 2 is 2.17 bits per heavy atom. The van der Waals surface area contributed by atoms with Gasteiger partial charge in [-0.1, -0.05) is 13.3 Å². The van der Waals surface area contributed by atoms with E-state index in [-0.39, 0.29) is 6.09 Å². The van der Waals surface area contributed by atoms with Crippen molar-refractivity contribution < 1.29 is 9.53 Å². The standard InChI is InChI=1S/C17H26N4O2S/c1-2-3-8-23-17(22)20-10-12-4-5-13(11-20)21(12)16-19-14-6-7-18-9-15(14)24-16/h12-13,18H,2-11H2,1H3. The molecule has 1 amide bonds. The summed E-state index contributed by atoms with van der Waals surface area (Å²) in [6, 6.07) is 0.783. The lowest BCUT2D eigenvalue weighted by Crippen LogP contribution is -2.55. The first-order valence-corrected chi connectivity index (χ1v) is 9.97. The highest BCUT2D eigenvalue weighted by Gasteiger charge is 2.43. The lowest BCUT2D eigenvalue weighted by atomic mass is 10.2. The van der Waals surface area contributed by atoms with Crippen LogP contribution in [0, 0.1) is 0 Å². The van der Waals surface area contributed by atoms with Gasteiger partial charge in [0.1, 0.15) is 0 Å². The Morgan fingerprint density at radius 1 is 1.38 bits per heavy atom. The van der Waals surface area contributed by atoms with Gasteiger partial charge in [-0.3, -0.25) is 0 Å². The third kappa shape index (κ3) is 2.99.